The molecule has 0 bridgehead atoms. The van der Waals surface area contributed by atoms with Crippen molar-refractivity contribution in [2.24, 2.45) is 16.8 Å². The molecule has 0 saturated carbocycles. The van der Waals surface area contributed by atoms with Crippen LogP contribution >= 0.6 is 0 Å². The molecule has 0 aromatic rings. The molecule has 2 rings (SSSR count). The van der Waals surface area contributed by atoms with Gasteiger partial charge >= 0.3 is 0 Å². The summed E-state index contributed by atoms with van der Waals surface area (Å²) in [5, 5.41) is 3.40. The van der Waals surface area contributed by atoms with E-state index in [2.05, 4.69) is 30.6 Å². The summed E-state index contributed by atoms with van der Waals surface area (Å²) < 4.78 is 0. The third-order valence-electron chi connectivity index (χ3n) is 3.41. The average molecular weight is 202 g/mol. The second-order valence-corrected chi connectivity index (χ2v) is 4.30. The Morgan fingerprint density at radius 2 is 2.47 bits per heavy atom. The Labute approximate surface area is 91.5 Å². The SMILES string of the molecule is C=C=C/C=C\C1=NC2CNCCC2C1C. The molecule has 0 aliphatic carbocycles. The Morgan fingerprint density at radius 3 is 3.20 bits per heavy atom. The second-order valence-electron chi connectivity index (χ2n) is 4.30. The van der Waals surface area contributed by atoms with Crippen molar-refractivity contribution >= 4 is 5.71 Å². The Balaban J connectivity index is 2.09. The maximum atomic E-state index is 4.76. The van der Waals surface area contributed by atoms with Gasteiger partial charge in [0.2, 0.25) is 0 Å². The van der Waals surface area contributed by atoms with Crippen molar-refractivity contribution in [1.29, 1.82) is 0 Å². The summed E-state index contributed by atoms with van der Waals surface area (Å²) in [6.07, 6.45) is 7.16. The van der Waals surface area contributed by atoms with Gasteiger partial charge in [-0.2, -0.15) is 0 Å². The number of fused-ring (bicyclic) bond motifs is 1. The number of nitrogens with one attached hydrogen (secondary N) is 1. The standard InChI is InChI=1S/C13H18N2/c1-3-4-5-6-12-10(2)11-7-8-14-9-13(11)15-12/h4-6,10-11,13-14H,1,7-9H2,2H3/b6-5-. The van der Waals surface area contributed by atoms with Crippen LogP contribution in [0.2, 0.25) is 0 Å². The van der Waals surface area contributed by atoms with Gasteiger partial charge in [-0.15, -0.1) is 5.73 Å². The van der Waals surface area contributed by atoms with E-state index in [0.29, 0.717) is 12.0 Å². The van der Waals surface area contributed by atoms with Crippen molar-refractivity contribution in [3.8, 4) is 0 Å². The zero-order chi connectivity index (χ0) is 10.7. The van der Waals surface area contributed by atoms with Gasteiger partial charge in [-0.1, -0.05) is 19.6 Å². The Morgan fingerprint density at radius 1 is 1.60 bits per heavy atom. The molecule has 2 nitrogen and oxygen atoms in total. The number of rotatable bonds is 2. The van der Waals surface area contributed by atoms with Crippen molar-refractivity contribution in [1.82, 2.24) is 5.32 Å². The Bertz CT molecular complexity index is 334. The predicted molar refractivity (Wildman–Crippen MR) is 64.2 cm³/mol. The first-order chi connectivity index (χ1) is 7.33. The summed E-state index contributed by atoms with van der Waals surface area (Å²) in [4.78, 5) is 4.76. The van der Waals surface area contributed by atoms with Crippen LogP contribution in [-0.2, 0) is 0 Å². The number of nitrogens with zero attached hydrogens (tertiary/aromatic N) is 1. The highest BCUT2D eigenvalue weighted by Gasteiger charge is 2.36. The van der Waals surface area contributed by atoms with Crippen molar-refractivity contribution < 1.29 is 0 Å². The average Bonchev–Trinajstić information content (AvgIpc) is 2.57. The van der Waals surface area contributed by atoms with Gasteiger partial charge in [0.05, 0.1) is 6.04 Å². The smallest absolute Gasteiger partial charge is 0.0662 e. The summed E-state index contributed by atoms with van der Waals surface area (Å²) in [5.41, 5.74) is 3.98. The van der Waals surface area contributed by atoms with Gasteiger partial charge in [-0.25, -0.2) is 0 Å². The minimum Gasteiger partial charge on any atom is -0.315 e. The minimum absolute atomic E-state index is 0.501. The summed E-state index contributed by atoms with van der Waals surface area (Å²) in [5.74, 6) is 1.35. The highest BCUT2D eigenvalue weighted by Crippen LogP contribution is 2.32. The van der Waals surface area contributed by atoms with Gasteiger partial charge < -0.3 is 5.32 Å². The largest absolute Gasteiger partial charge is 0.315 e. The third kappa shape index (κ3) is 2.11. The van der Waals surface area contributed by atoms with Crippen molar-refractivity contribution in [3.05, 3.63) is 30.5 Å². The normalized spacial score (nSPS) is 34.7. The molecule has 0 aromatic carbocycles. The fourth-order valence-corrected chi connectivity index (χ4v) is 2.52. The lowest BCUT2D eigenvalue weighted by Gasteiger charge is -2.27. The van der Waals surface area contributed by atoms with Crippen LogP contribution in [0.3, 0.4) is 0 Å². The van der Waals surface area contributed by atoms with E-state index >= 15 is 0 Å². The second kappa shape index (κ2) is 4.61. The van der Waals surface area contributed by atoms with E-state index < -0.39 is 0 Å². The zero-order valence-corrected chi connectivity index (χ0v) is 9.24. The van der Waals surface area contributed by atoms with Crippen molar-refractivity contribution in [2.45, 2.75) is 19.4 Å². The van der Waals surface area contributed by atoms with Gasteiger partial charge in [-0.3, -0.25) is 4.99 Å². The fourth-order valence-electron chi connectivity index (χ4n) is 2.52. The number of piperidine rings is 1. The van der Waals surface area contributed by atoms with Gasteiger partial charge in [0.25, 0.3) is 0 Å². The molecule has 1 saturated heterocycles. The van der Waals surface area contributed by atoms with Crippen molar-refractivity contribution in [2.75, 3.05) is 13.1 Å². The number of allylic oxidation sites excluding steroid dienone is 3. The van der Waals surface area contributed by atoms with Gasteiger partial charge in [0.1, 0.15) is 0 Å². The van der Waals surface area contributed by atoms with E-state index in [9.17, 15) is 0 Å². The monoisotopic (exact) mass is 202 g/mol. The van der Waals surface area contributed by atoms with Crippen LogP contribution in [0.15, 0.2) is 35.5 Å². The fraction of sp³-hybridized carbons (Fsp3) is 0.538. The first-order valence-corrected chi connectivity index (χ1v) is 5.64. The molecule has 2 heterocycles. The van der Waals surface area contributed by atoms with E-state index in [0.717, 1.165) is 19.0 Å². The predicted octanol–water partition coefficient (Wildman–Crippen LogP) is 1.95. The molecule has 3 unspecified atom stereocenters. The summed E-state index contributed by atoms with van der Waals surface area (Å²) >= 11 is 0. The first-order valence-electron chi connectivity index (χ1n) is 5.64. The molecule has 80 valence electrons. The molecule has 1 fully saturated rings. The highest BCUT2D eigenvalue weighted by atomic mass is 15.0. The first kappa shape index (κ1) is 10.4. The lowest BCUT2D eigenvalue weighted by atomic mass is 9.83. The maximum Gasteiger partial charge on any atom is 0.0662 e. The molecule has 2 aliphatic heterocycles. The lowest BCUT2D eigenvalue weighted by molar-refractivity contribution is 0.308. The summed E-state index contributed by atoms with van der Waals surface area (Å²) in [7, 11) is 0. The van der Waals surface area contributed by atoms with E-state index in [4.69, 9.17) is 4.99 Å². The molecule has 3 atom stereocenters. The summed E-state index contributed by atoms with van der Waals surface area (Å²) in [6.45, 7) is 8.01. The zero-order valence-electron chi connectivity index (χ0n) is 9.24. The van der Waals surface area contributed by atoms with Gasteiger partial charge in [-0.05, 0) is 31.0 Å². The van der Waals surface area contributed by atoms with Crippen LogP contribution in [0.4, 0.5) is 0 Å². The van der Waals surface area contributed by atoms with E-state index in [-0.39, 0.29) is 0 Å². The third-order valence-corrected chi connectivity index (χ3v) is 3.41. The summed E-state index contributed by atoms with van der Waals surface area (Å²) in [6, 6.07) is 0.501. The molecule has 0 radical (unpaired) electrons. The minimum atomic E-state index is 0.501. The lowest BCUT2D eigenvalue weighted by Crippen LogP contribution is -2.39. The number of hydrogen-bond acceptors (Lipinski definition) is 2. The van der Waals surface area contributed by atoms with Crippen LogP contribution in [0.1, 0.15) is 13.3 Å². The molecule has 2 aliphatic rings. The Kier molecular flexibility index (Phi) is 3.20. The molecular formula is C13H18N2. The molecule has 0 aromatic heterocycles. The molecule has 0 amide bonds. The van der Waals surface area contributed by atoms with Crippen LogP contribution in [0.5, 0.6) is 0 Å². The highest BCUT2D eigenvalue weighted by molar-refractivity contribution is 5.98. The number of aliphatic imine (C=N–C) groups is 1. The Hall–Kier alpha value is -1.11. The van der Waals surface area contributed by atoms with Crippen LogP contribution in [-0.4, -0.2) is 24.8 Å². The van der Waals surface area contributed by atoms with E-state index in [1.165, 1.54) is 12.1 Å². The van der Waals surface area contributed by atoms with Crippen LogP contribution in [0.25, 0.3) is 0 Å². The molecule has 2 heteroatoms. The molecule has 15 heavy (non-hydrogen) atoms. The van der Waals surface area contributed by atoms with E-state index in [1.807, 2.05) is 12.2 Å². The topological polar surface area (TPSA) is 24.4 Å². The van der Waals surface area contributed by atoms with Gasteiger partial charge in [0, 0.05) is 18.2 Å². The molecule has 1 N–H and O–H groups in total. The molecule has 0 spiro atoms. The maximum absolute atomic E-state index is 4.76. The quantitative estimate of drug-likeness (QED) is 0.537. The van der Waals surface area contributed by atoms with E-state index in [1.54, 1.807) is 0 Å². The van der Waals surface area contributed by atoms with Gasteiger partial charge in [0.15, 0.2) is 0 Å². The van der Waals surface area contributed by atoms with Crippen LogP contribution < -0.4 is 5.32 Å². The van der Waals surface area contributed by atoms with Crippen LogP contribution in [0, 0.1) is 11.8 Å². The van der Waals surface area contributed by atoms with Crippen molar-refractivity contribution in [3.63, 3.8) is 0 Å². The number of hydrogen-bond donors (Lipinski definition) is 1. The molecular weight excluding hydrogens is 184 g/mol.